The molecule has 0 bridgehead atoms. The van der Waals surface area contributed by atoms with Crippen LogP contribution in [-0.4, -0.2) is 46.2 Å². The third kappa shape index (κ3) is 3.59. The van der Waals surface area contributed by atoms with Crippen LogP contribution in [0.15, 0.2) is 53.9 Å². The molecule has 0 saturated heterocycles. The van der Waals surface area contributed by atoms with Gasteiger partial charge in [0.25, 0.3) is 10.0 Å². The quantitative estimate of drug-likeness (QED) is 0.460. The maximum atomic E-state index is 14.8. The average Bonchev–Trinajstić information content (AvgIpc) is 3.41. The summed E-state index contributed by atoms with van der Waals surface area (Å²) in [5, 5.41) is 8.98. The van der Waals surface area contributed by atoms with Crippen LogP contribution in [-0.2, 0) is 22.7 Å². The predicted molar refractivity (Wildman–Crippen MR) is 116 cm³/mol. The molecule has 1 aromatic carbocycles. The SMILES string of the molecule is COc1ccc2cnn(C)c2c1NS(=O)(=O)c1cnn(-c2cc(C3(F)CC(F)C3)ccn2)c1. The van der Waals surface area contributed by atoms with Crippen molar-refractivity contribution in [2.45, 2.75) is 29.6 Å². The first-order valence-corrected chi connectivity index (χ1v) is 11.5. The molecular weight excluding hydrogens is 454 g/mol. The van der Waals surface area contributed by atoms with Crippen LogP contribution >= 0.6 is 0 Å². The fourth-order valence-electron chi connectivity index (χ4n) is 3.98. The number of aromatic nitrogens is 5. The van der Waals surface area contributed by atoms with E-state index < -0.39 is 21.9 Å². The number of rotatable bonds is 6. The summed E-state index contributed by atoms with van der Waals surface area (Å²) >= 11 is 0. The van der Waals surface area contributed by atoms with Crippen molar-refractivity contribution in [1.82, 2.24) is 24.5 Å². The molecule has 0 unspecified atom stereocenters. The Morgan fingerprint density at radius 1 is 1.21 bits per heavy atom. The molecule has 1 N–H and O–H groups in total. The molecule has 172 valence electrons. The van der Waals surface area contributed by atoms with Gasteiger partial charge < -0.3 is 4.74 Å². The van der Waals surface area contributed by atoms with Crippen LogP contribution in [0.2, 0.25) is 0 Å². The number of hydrogen-bond donors (Lipinski definition) is 1. The van der Waals surface area contributed by atoms with Crippen molar-refractivity contribution in [2.24, 2.45) is 7.05 Å². The third-order valence-electron chi connectivity index (χ3n) is 5.78. The molecule has 9 nitrogen and oxygen atoms in total. The zero-order chi connectivity index (χ0) is 23.4. The van der Waals surface area contributed by atoms with Crippen LogP contribution in [0.5, 0.6) is 5.75 Å². The molecule has 1 aliphatic carbocycles. The molecular formula is C21H20F2N6O3S. The first kappa shape index (κ1) is 21.3. The monoisotopic (exact) mass is 474 g/mol. The third-order valence-corrected chi connectivity index (χ3v) is 7.08. The molecule has 1 aliphatic rings. The van der Waals surface area contributed by atoms with Crippen LogP contribution in [0.1, 0.15) is 18.4 Å². The molecule has 0 atom stereocenters. The summed E-state index contributed by atoms with van der Waals surface area (Å²) in [5.41, 5.74) is -0.668. The van der Waals surface area contributed by atoms with E-state index in [0.717, 1.165) is 5.39 Å². The smallest absolute Gasteiger partial charge is 0.265 e. The molecule has 0 aliphatic heterocycles. The summed E-state index contributed by atoms with van der Waals surface area (Å²) in [7, 11) is -0.927. The summed E-state index contributed by atoms with van der Waals surface area (Å²) in [6, 6.07) is 6.36. The fourth-order valence-corrected chi connectivity index (χ4v) is 4.99. The molecule has 0 amide bonds. The Bertz CT molecular complexity index is 1460. The number of methoxy groups -OCH3 is 1. The molecule has 3 heterocycles. The average molecular weight is 474 g/mol. The van der Waals surface area contributed by atoms with Crippen molar-refractivity contribution in [3.63, 3.8) is 0 Å². The van der Waals surface area contributed by atoms with Crippen LogP contribution in [0.4, 0.5) is 14.5 Å². The van der Waals surface area contributed by atoms with E-state index in [2.05, 4.69) is 19.9 Å². The van der Waals surface area contributed by atoms with Crippen molar-refractivity contribution in [3.05, 3.63) is 54.6 Å². The van der Waals surface area contributed by atoms with Gasteiger partial charge in [0, 0.05) is 31.5 Å². The lowest BCUT2D eigenvalue weighted by Crippen LogP contribution is -2.38. The topological polar surface area (TPSA) is 104 Å². The Morgan fingerprint density at radius 2 is 2.00 bits per heavy atom. The van der Waals surface area contributed by atoms with Crippen molar-refractivity contribution in [3.8, 4) is 11.6 Å². The minimum absolute atomic E-state index is 0.127. The number of aryl methyl sites for hydroxylation is 1. The van der Waals surface area contributed by atoms with Crippen LogP contribution in [0.25, 0.3) is 16.7 Å². The Morgan fingerprint density at radius 3 is 2.73 bits per heavy atom. The van der Waals surface area contributed by atoms with Crippen molar-refractivity contribution in [2.75, 3.05) is 11.8 Å². The van der Waals surface area contributed by atoms with Gasteiger partial charge in [-0.25, -0.2) is 26.9 Å². The first-order chi connectivity index (χ1) is 15.7. The largest absolute Gasteiger partial charge is 0.494 e. The maximum Gasteiger partial charge on any atom is 0.265 e. The Labute approximate surface area is 188 Å². The lowest BCUT2D eigenvalue weighted by molar-refractivity contribution is -0.0162. The molecule has 0 radical (unpaired) electrons. The molecule has 12 heteroatoms. The zero-order valence-electron chi connectivity index (χ0n) is 17.7. The molecule has 5 rings (SSSR count). The number of anilines is 1. The summed E-state index contributed by atoms with van der Waals surface area (Å²) in [6.07, 6.45) is 3.86. The summed E-state index contributed by atoms with van der Waals surface area (Å²) in [4.78, 5) is 4.02. The van der Waals surface area contributed by atoms with Gasteiger partial charge in [-0.05, 0) is 29.8 Å². The van der Waals surface area contributed by atoms with E-state index in [9.17, 15) is 17.2 Å². The number of halogens is 2. The second-order valence-electron chi connectivity index (χ2n) is 7.95. The number of alkyl halides is 2. The normalized spacial score (nSPS) is 20.5. The van der Waals surface area contributed by atoms with Gasteiger partial charge in [0.2, 0.25) is 0 Å². The molecule has 4 aromatic rings. The number of pyridine rings is 1. The molecule has 3 aromatic heterocycles. The highest BCUT2D eigenvalue weighted by atomic mass is 32.2. The van der Waals surface area contributed by atoms with E-state index >= 15 is 0 Å². The molecule has 0 spiro atoms. The van der Waals surface area contributed by atoms with Gasteiger partial charge in [-0.2, -0.15) is 10.2 Å². The number of sulfonamides is 1. The highest BCUT2D eigenvalue weighted by Gasteiger charge is 2.46. The van der Waals surface area contributed by atoms with E-state index in [1.807, 2.05) is 0 Å². The number of benzene rings is 1. The van der Waals surface area contributed by atoms with Crippen LogP contribution in [0.3, 0.4) is 0 Å². The van der Waals surface area contributed by atoms with Crippen LogP contribution < -0.4 is 9.46 Å². The maximum absolute atomic E-state index is 14.8. The standard InChI is InChI=1S/C21H20F2N6O3S/c1-28-20-13(10-25-28)3-4-17(32-2)19(20)27-33(30,31)16-11-26-29(12-16)18-7-14(5-6-24-18)21(23)8-15(22)9-21/h3-7,10-12,15,27H,8-9H2,1-2H3. The van der Waals surface area contributed by atoms with Gasteiger partial charge in [0.1, 0.15) is 28.2 Å². The summed E-state index contributed by atoms with van der Waals surface area (Å²) in [6.45, 7) is 0. The number of nitrogens with one attached hydrogen (secondary N) is 1. The van der Waals surface area contributed by atoms with Crippen molar-refractivity contribution in [1.29, 1.82) is 0 Å². The van der Waals surface area contributed by atoms with Gasteiger partial charge in [-0.15, -0.1) is 0 Å². The minimum Gasteiger partial charge on any atom is -0.494 e. The number of fused-ring (bicyclic) bond motifs is 1. The van der Waals surface area contributed by atoms with Gasteiger partial charge in [-0.1, -0.05) is 0 Å². The highest BCUT2D eigenvalue weighted by molar-refractivity contribution is 7.92. The molecule has 1 fully saturated rings. The fraction of sp³-hybridized carbons (Fsp3) is 0.286. The van der Waals surface area contributed by atoms with Gasteiger partial charge in [0.15, 0.2) is 5.82 Å². The molecule has 1 saturated carbocycles. The predicted octanol–water partition coefficient (Wildman–Crippen LogP) is 3.26. The summed E-state index contributed by atoms with van der Waals surface area (Å²) in [5.74, 6) is 0.552. The van der Waals surface area contributed by atoms with E-state index in [4.69, 9.17) is 4.74 Å². The van der Waals surface area contributed by atoms with Gasteiger partial charge in [-0.3, -0.25) is 9.40 Å². The van der Waals surface area contributed by atoms with E-state index in [0.29, 0.717) is 11.3 Å². The number of ether oxygens (including phenoxy) is 1. The van der Waals surface area contributed by atoms with E-state index in [1.165, 1.54) is 42.5 Å². The first-order valence-electron chi connectivity index (χ1n) is 10.1. The zero-order valence-corrected chi connectivity index (χ0v) is 18.6. The Hall–Kier alpha value is -3.54. The minimum atomic E-state index is -4.06. The molecule has 33 heavy (non-hydrogen) atoms. The Balaban J connectivity index is 1.48. The van der Waals surface area contributed by atoms with Gasteiger partial charge >= 0.3 is 0 Å². The van der Waals surface area contributed by atoms with E-state index in [-0.39, 0.29) is 34.8 Å². The second kappa shape index (κ2) is 7.51. The number of nitrogens with zero attached hydrogens (tertiary/aromatic N) is 5. The second-order valence-corrected chi connectivity index (χ2v) is 9.63. The lowest BCUT2D eigenvalue weighted by Gasteiger charge is -2.37. The lowest BCUT2D eigenvalue weighted by atomic mass is 9.75. The van der Waals surface area contributed by atoms with E-state index in [1.54, 1.807) is 30.1 Å². The number of hydrogen-bond acceptors (Lipinski definition) is 6. The van der Waals surface area contributed by atoms with Crippen LogP contribution in [0, 0.1) is 0 Å². The Kier molecular flexibility index (Phi) is 4.85. The van der Waals surface area contributed by atoms with Crippen molar-refractivity contribution >= 4 is 26.6 Å². The summed E-state index contributed by atoms with van der Waals surface area (Å²) < 4.78 is 65.0. The van der Waals surface area contributed by atoms with Crippen molar-refractivity contribution < 1.29 is 21.9 Å². The highest BCUT2D eigenvalue weighted by Crippen LogP contribution is 2.46. The van der Waals surface area contributed by atoms with Gasteiger partial charge in [0.05, 0.1) is 31.2 Å².